The summed E-state index contributed by atoms with van der Waals surface area (Å²) in [7, 11) is 2.18. The van der Waals surface area contributed by atoms with E-state index in [9.17, 15) is 4.79 Å². The van der Waals surface area contributed by atoms with Gasteiger partial charge in [0.25, 0.3) is 5.91 Å². The lowest BCUT2D eigenvalue weighted by molar-refractivity contribution is 0.0953. The van der Waals surface area contributed by atoms with Crippen molar-refractivity contribution >= 4 is 86.4 Å². The number of nitrogens with zero attached hydrogens (tertiary/aromatic N) is 4. The minimum absolute atomic E-state index is 0. The molecule has 1 aromatic carbocycles. The Hall–Kier alpha value is -1.20. The molecule has 0 bridgehead atoms. The summed E-state index contributed by atoms with van der Waals surface area (Å²) in [4.78, 5) is 27.8. The number of carbonyl (C=O) groups excluding carboxylic acids is 1. The van der Waals surface area contributed by atoms with Crippen molar-refractivity contribution in [2.45, 2.75) is 25.3 Å². The number of piperazine rings is 1. The predicted molar refractivity (Wildman–Crippen MR) is 160 cm³/mol. The molecule has 2 aliphatic rings. The molecule has 0 atom stereocenters. The highest BCUT2D eigenvalue weighted by atomic mass is 79.9. The van der Waals surface area contributed by atoms with E-state index in [0.29, 0.717) is 12.0 Å². The molecule has 3 aromatic rings. The van der Waals surface area contributed by atoms with Crippen molar-refractivity contribution in [3.63, 3.8) is 0 Å². The van der Waals surface area contributed by atoms with Gasteiger partial charge in [0, 0.05) is 60.6 Å². The average Bonchev–Trinajstić information content (AvgIpc) is 3.52. The third-order valence-electron chi connectivity index (χ3n) is 6.23. The Bertz CT molecular complexity index is 1150. The minimum Gasteiger partial charge on any atom is -0.354 e. The van der Waals surface area contributed by atoms with Crippen LogP contribution in [0.3, 0.4) is 0 Å². The molecule has 12 heteroatoms. The number of hydrogen-bond donors (Lipinski definition) is 2. The van der Waals surface area contributed by atoms with E-state index >= 15 is 0 Å². The third-order valence-corrected chi connectivity index (χ3v) is 7.91. The van der Waals surface area contributed by atoms with Crippen LogP contribution in [0.25, 0.3) is 20.7 Å². The van der Waals surface area contributed by atoms with Crippen molar-refractivity contribution in [1.82, 2.24) is 25.1 Å². The summed E-state index contributed by atoms with van der Waals surface area (Å²) in [6, 6.07) is 8.33. The first-order valence-electron chi connectivity index (χ1n) is 11.6. The molecule has 2 aromatic heterocycles. The van der Waals surface area contributed by atoms with Crippen LogP contribution in [0.4, 0.5) is 5.95 Å². The van der Waals surface area contributed by atoms with Crippen molar-refractivity contribution in [3.8, 4) is 10.6 Å². The van der Waals surface area contributed by atoms with Crippen molar-refractivity contribution in [1.29, 1.82) is 0 Å². The van der Waals surface area contributed by atoms with E-state index in [1.165, 1.54) is 0 Å². The second-order valence-electron chi connectivity index (χ2n) is 8.89. The van der Waals surface area contributed by atoms with Crippen LogP contribution in [0.5, 0.6) is 0 Å². The van der Waals surface area contributed by atoms with Gasteiger partial charge in [0.1, 0.15) is 5.69 Å². The van der Waals surface area contributed by atoms with Crippen LogP contribution < -0.4 is 10.6 Å². The van der Waals surface area contributed by atoms with Gasteiger partial charge in [0.05, 0.1) is 9.35 Å². The Morgan fingerprint density at radius 2 is 1.92 bits per heavy atom. The zero-order valence-corrected chi connectivity index (χ0v) is 24.9. The summed E-state index contributed by atoms with van der Waals surface area (Å²) in [5, 5.41) is 7.46. The van der Waals surface area contributed by atoms with E-state index in [4.69, 9.17) is 4.98 Å². The van der Waals surface area contributed by atoms with E-state index in [2.05, 4.69) is 60.5 Å². The van der Waals surface area contributed by atoms with Crippen molar-refractivity contribution < 1.29 is 4.79 Å². The highest BCUT2D eigenvalue weighted by Gasteiger charge is 2.25. The maximum absolute atomic E-state index is 12.7. The van der Waals surface area contributed by atoms with Gasteiger partial charge in [-0.25, -0.2) is 9.97 Å². The fourth-order valence-corrected chi connectivity index (χ4v) is 5.69. The predicted octanol–water partition coefficient (Wildman–Crippen LogP) is 5.33. The number of hydrogen-bond acceptors (Lipinski definition) is 7. The van der Waals surface area contributed by atoms with Gasteiger partial charge in [-0.15, -0.1) is 48.6 Å². The van der Waals surface area contributed by atoms with E-state index < -0.39 is 0 Å². The first-order valence-corrected chi connectivity index (χ1v) is 13.2. The van der Waals surface area contributed by atoms with Crippen LogP contribution in [0, 0.1) is 0 Å². The molecule has 1 saturated heterocycles. The van der Waals surface area contributed by atoms with Crippen LogP contribution >= 0.6 is 64.5 Å². The molecular weight excluding hydrogens is 607 g/mol. The number of aromatic nitrogens is 2. The van der Waals surface area contributed by atoms with Crippen LogP contribution in [0.1, 0.15) is 29.6 Å². The smallest absolute Gasteiger partial charge is 0.252 e. The van der Waals surface area contributed by atoms with E-state index in [1.807, 2.05) is 12.1 Å². The Labute approximate surface area is 243 Å². The number of rotatable bonds is 8. The van der Waals surface area contributed by atoms with Gasteiger partial charge in [0.15, 0.2) is 0 Å². The Morgan fingerprint density at radius 3 is 2.64 bits per heavy atom. The first-order chi connectivity index (χ1) is 16.1. The summed E-state index contributed by atoms with van der Waals surface area (Å²) in [6.45, 7) is 6.50. The van der Waals surface area contributed by atoms with E-state index in [0.717, 1.165) is 89.2 Å². The molecule has 1 saturated carbocycles. The number of anilines is 1. The molecule has 2 fully saturated rings. The van der Waals surface area contributed by atoms with Crippen LogP contribution in [-0.2, 0) is 0 Å². The molecule has 1 aliphatic heterocycles. The van der Waals surface area contributed by atoms with Crippen molar-refractivity contribution in [3.05, 3.63) is 40.5 Å². The molecule has 3 heterocycles. The van der Waals surface area contributed by atoms with Crippen LogP contribution in [0.2, 0.25) is 0 Å². The van der Waals surface area contributed by atoms with Gasteiger partial charge in [-0.1, -0.05) is 6.07 Å². The Kier molecular flexibility index (Phi) is 12.1. The summed E-state index contributed by atoms with van der Waals surface area (Å²) in [5.41, 5.74) is 1.58. The summed E-state index contributed by atoms with van der Waals surface area (Å²) < 4.78 is 1.93. The average molecular weight is 639 g/mol. The molecule has 0 unspecified atom stereocenters. The number of benzene rings is 1. The van der Waals surface area contributed by atoms with Gasteiger partial charge in [-0.2, -0.15) is 0 Å². The fourth-order valence-electron chi connectivity index (χ4n) is 4.07. The first kappa shape index (κ1) is 31.0. The molecule has 0 radical (unpaired) electrons. The van der Waals surface area contributed by atoms with Gasteiger partial charge in [-0.05, 0) is 67.0 Å². The third kappa shape index (κ3) is 7.66. The standard InChI is InChI=1S/C24H29BrN6OS.3ClH/c1-30-10-12-31(13-11-30)9-3-8-26-24-27-15-19(25)22(29-24)21-14-18-17(4-2-5-20(18)33-21)23(32)28-16-6-7-16;;;/h2,4-5,14-16H,3,6-13H2,1H3,(H,28,32)(H,26,27,29);3*1H. The molecule has 36 heavy (non-hydrogen) atoms. The van der Waals surface area contributed by atoms with E-state index in [1.54, 1.807) is 17.5 Å². The number of amides is 1. The summed E-state index contributed by atoms with van der Waals surface area (Å²) in [5.74, 6) is 0.646. The molecule has 1 aliphatic carbocycles. The van der Waals surface area contributed by atoms with Gasteiger partial charge >= 0.3 is 0 Å². The SMILES string of the molecule is CN1CCN(CCCNc2ncc(Br)c(-c3cc4c(C(=O)NC5CC5)cccc4s3)n2)CC1.Cl.Cl.Cl. The Balaban J connectivity index is 0.00000152. The summed E-state index contributed by atoms with van der Waals surface area (Å²) in [6.07, 6.45) is 5.02. The molecule has 7 nitrogen and oxygen atoms in total. The van der Waals surface area contributed by atoms with Gasteiger partial charge < -0.3 is 20.4 Å². The normalized spacial score (nSPS) is 15.9. The number of fused-ring (bicyclic) bond motifs is 1. The quantitative estimate of drug-likeness (QED) is 0.325. The molecule has 198 valence electrons. The second kappa shape index (κ2) is 14.1. The number of thiophene rings is 1. The second-order valence-corrected chi connectivity index (χ2v) is 10.8. The maximum atomic E-state index is 12.7. The lowest BCUT2D eigenvalue weighted by atomic mass is 10.1. The van der Waals surface area contributed by atoms with Crippen LogP contribution in [0.15, 0.2) is 34.9 Å². The van der Waals surface area contributed by atoms with Gasteiger partial charge in [-0.3, -0.25) is 4.79 Å². The molecule has 5 rings (SSSR count). The number of carbonyl (C=O) groups is 1. The topological polar surface area (TPSA) is 73.4 Å². The largest absolute Gasteiger partial charge is 0.354 e. The highest BCUT2D eigenvalue weighted by molar-refractivity contribution is 9.10. The lowest BCUT2D eigenvalue weighted by Gasteiger charge is -2.32. The molecule has 2 N–H and O–H groups in total. The van der Waals surface area contributed by atoms with Gasteiger partial charge in [0.2, 0.25) is 5.95 Å². The number of nitrogens with one attached hydrogen (secondary N) is 2. The lowest BCUT2D eigenvalue weighted by Crippen LogP contribution is -2.44. The van der Waals surface area contributed by atoms with E-state index in [-0.39, 0.29) is 43.1 Å². The van der Waals surface area contributed by atoms with Crippen LogP contribution in [-0.4, -0.2) is 78.0 Å². The van der Waals surface area contributed by atoms with Crippen molar-refractivity contribution in [2.24, 2.45) is 0 Å². The molecular formula is C24H32BrCl3N6OS. The zero-order valence-electron chi connectivity index (χ0n) is 20.0. The monoisotopic (exact) mass is 636 g/mol. The van der Waals surface area contributed by atoms with Crippen molar-refractivity contribution in [2.75, 3.05) is 51.6 Å². The maximum Gasteiger partial charge on any atom is 0.252 e. The highest BCUT2D eigenvalue weighted by Crippen LogP contribution is 2.37. The number of likely N-dealkylation sites (N-methyl/N-ethyl adjacent to an activating group) is 1. The zero-order chi connectivity index (χ0) is 22.8. The molecule has 1 amide bonds. The minimum atomic E-state index is 0. The summed E-state index contributed by atoms with van der Waals surface area (Å²) >= 11 is 5.26. The Morgan fingerprint density at radius 1 is 1.17 bits per heavy atom. The number of halogens is 4. The fraction of sp³-hybridized carbons (Fsp3) is 0.458. The molecule has 0 spiro atoms.